The van der Waals surface area contributed by atoms with Gasteiger partial charge in [-0.05, 0) is 35.6 Å². The number of nitrogens with zero attached hydrogens (tertiary/aromatic N) is 1. The Hall–Kier alpha value is -2.69. The van der Waals surface area contributed by atoms with Gasteiger partial charge in [0.05, 0.1) is 11.0 Å². The first-order valence-electron chi connectivity index (χ1n) is 7.61. The standard InChI is InChI=1S/C18H15FN2O2/c19-12-5-1-4-11(10-12)17-14-7-2-6-13(14)15-8-3-9-16(21(22)23)18(15)20-17/h1-6,8-10,13-14,17,20H,7H2/t13-,14+,17-/m1/s1. The number of nitro benzene ring substituents is 1. The molecule has 1 N–H and O–H groups in total. The molecular formula is C18H15FN2O2. The van der Waals surface area contributed by atoms with E-state index in [0.29, 0.717) is 5.69 Å². The summed E-state index contributed by atoms with van der Waals surface area (Å²) in [7, 11) is 0. The zero-order valence-electron chi connectivity index (χ0n) is 12.3. The molecule has 0 saturated carbocycles. The van der Waals surface area contributed by atoms with Crippen molar-refractivity contribution in [2.45, 2.75) is 18.4 Å². The number of anilines is 1. The largest absolute Gasteiger partial charge is 0.372 e. The molecule has 2 aromatic rings. The van der Waals surface area contributed by atoms with E-state index in [1.54, 1.807) is 12.1 Å². The maximum atomic E-state index is 13.6. The average Bonchev–Trinajstić information content (AvgIpc) is 3.03. The number of nitrogens with one attached hydrogen (secondary N) is 1. The molecule has 0 spiro atoms. The second kappa shape index (κ2) is 5.19. The Balaban J connectivity index is 1.85. The lowest BCUT2D eigenvalue weighted by Crippen LogP contribution is -2.29. The molecule has 2 aliphatic rings. The van der Waals surface area contributed by atoms with Gasteiger partial charge in [-0.25, -0.2) is 4.39 Å². The number of hydrogen-bond acceptors (Lipinski definition) is 3. The van der Waals surface area contributed by atoms with E-state index < -0.39 is 0 Å². The lowest BCUT2D eigenvalue weighted by Gasteiger charge is -2.37. The number of para-hydroxylation sites is 1. The van der Waals surface area contributed by atoms with E-state index in [2.05, 4.69) is 17.5 Å². The first-order valence-corrected chi connectivity index (χ1v) is 7.61. The van der Waals surface area contributed by atoms with Crippen LogP contribution in [0.15, 0.2) is 54.6 Å². The first kappa shape index (κ1) is 13.9. The molecule has 5 heteroatoms. The summed E-state index contributed by atoms with van der Waals surface area (Å²) in [6.45, 7) is 0. The summed E-state index contributed by atoms with van der Waals surface area (Å²) in [5, 5.41) is 14.7. The van der Waals surface area contributed by atoms with Crippen LogP contribution in [0.4, 0.5) is 15.8 Å². The van der Waals surface area contributed by atoms with Gasteiger partial charge in [0, 0.05) is 12.0 Å². The topological polar surface area (TPSA) is 55.2 Å². The van der Waals surface area contributed by atoms with Crippen LogP contribution in [0.3, 0.4) is 0 Å². The summed E-state index contributed by atoms with van der Waals surface area (Å²) in [4.78, 5) is 11.0. The molecule has 4 nitrogen and oxygen atoms in total. The molecule has 23 heavy (non-hydrogen) atoms. The molecule has 0 unspecified atom stereocenters. The third-order valence-electron chi connectivity index (χ3n) is 4.78. The van der Waals surface area contributed by atoms with Gasteiger partial charge >= 0.3 is 0 Å². The average molecular weight is 310 g/mol. The number of halogens is 1. The zero-order chi connectivity index (χ0) is 16.0. The van der Waals surface area contributed by atoms with Gasteiger partial charge in [-0.1, -0.05) is 36.4 Å². The van der Waals surface area contributed by atoms with Crippen LogP contribution in [-0.4, -0.2) is 4.92 Å². The van der Waals surface area contributed by atoms with Gasteiger partial charge in [0.2, 0.25) is 0 Å². The lowest BCUT2D eigenvalue weighted by molar-refractivity contribution is -0.384. The molecule has 1 heterocycles. The fraction of sp³-hybridized carbons (Fsp3) is 0.222. The highest BCUT2D eigenvalue weighted by Crippen LogP contribution is 2.51. The molecule has 0 radical (unpaired) electrons. The van der Waals surface area contributed by atoms with Crippen molar-refractivity contribution in [3.63, 3.8) is 0 Å². The first-order chi connectivity index (χ1) is 11.1. The van der Waals surface area contributed by atoms with Crippen molar-refractivity contribution in [2.75, 3.05) is 5.32 Å². The Kier molecular flexibility index (Phi) is 3.15. The van der Waals surface area contributed by atoms with Gasteiger partial charge < -0.3 is 5.32 Å². The molecule has 1 aliphatic carbocycles. The van der Waals surface area contributed by atoms with Crippen LogP contribution < -0.4 is 5.32 Å². The van der Waals surface area contributed by atoms with Crippen LogP contribution in [0.5, 0.6) is 0 Å². The molecule has 0 saturated heterocycles. The molecule has 1 aliphatic heterocycles. The minimum absolute atomic E-state index is 0.0719. The number of benzene rings is 2. The Bertz CT molecular complexity index is 818. The van der Waals surface area contributed by atoms with E-state index in [1.165, 1.54) is 18.2 Å². The van der Waals surface area contributed by atoms with E-state index >= 15 is 0 Å². The molecule has 0 fully saturated rings. The summed E-state index contributed by atoms with van der Waals surface area (Å²) < 4.78 is 13.6. The van der Waals surface area contributed by atoms with Crippen molar-refractivity contribution in [3.05, 3.63) is 81.7 Å². The maximum Gasteiger partial charge on any atom is 0.292 e. The van der Waals surface area contributed by atoms with Gasteiger partial charge in [-0.15, -0.1) is 0 Å². The summed E-state index contributed by atoms with van der Waals surface area (Å²) >= 11 is 0. The van der Waals surface area contributed by atoms with Crippen LogP contribution >= 0.6 is 0 Å². The highest BCUT2D eigenvalue weighted by atomic mass is 19.1. The predicted octanol–water partition coefficient (Wildman–Crippen LogP) is 4.56. The summed E-state index contributed by atoms with van der Waals surface area (Å²) in [5.41, 5.74) is 2.40. The molecule has 3 atom stereocenters. The fourth-order valence-corrected chi connectivity index (χ4v) is 3.79. The lowest BCUT2D eigenvalue weighted by atomic mass is 9.77. The highest BCUT2D eigenvalue weighted by molar-refractivity contribution is 5.71. The van der Waals surface area contributed by atoms with Crippen molar-refractivity contribution in [2.24, 2.45) is 5.92 Å². The second-order valence-corrected chi connectivity index (χ2v) is 6.03. The van der Waals surface area contributed by atoms with E-state index in [4.69, 9.17) is 0 Å². The van der Waals surface area contributed by atoms with Crippen LogP contribution in [0.2, 0.25) is 0 Å². The zero-order valence-corrected chi connectivity index (χ0v) is 12.3. The van der Waals surface area contributed by atoms with Crippen LogP contribution in [0.25, 0.3) is 0 Å². The third-order valence-corrected chi connectivity index (χ3v) is 4.78. The fourth-order valence-electron chi connectivity index (χ4n) is 3.79. The summed E-state index contributed by atoms with van der Waals surface area (Å²) in [5.74, 6) is 0.0749. The molecule has 0 amide bonds. The van der Waals surface area contributed by atoms with Gasteiger partial charge in [0.25, 0.3) is 5.69 Å². The van der Waals surface area contributed by atoms with Crippen molar-refractivity contribution in [3.8, 4) is 0 Å². The maximum absolute atomic E-state index is 13.6. The minimum Gasteiger partial charge on any atom is -0.372 e. The highest BCUT2D eigenvalue weighted by Gasteiger charge is 2.40. The van der Waals surface area contributed by atoms with Gasteiger partial charge in [-0.3, -0.25) is 10.1 Å². The summed E-state index contributed by atoms with van der Waals surface area (Å²) in [6, 6.07) is 11.5. The molecule has 0 bridgehead atoms. The van der Waals surface area contributed by atoms with Gasteiger partial charge in [0.1, 0.15) is 11.5 Å². The number of hydrogen-bond donors (Lipinski definition) is 1. The second-order valence-electron chi connectivity index (χ2n) is 6.03. The van der Waals surface area contributed by atoms with E-state index in [-0.39, 0.29) is 34.3 Å². The normalized spacial score (nSPS) is 24.7. The minimum atomic E-state index is -0.368. The van der Waals surface area contributed by atoms with Crippen LogP contribution in [0.1, 0.15) is 29.5 Å². The van der Waals surface area contributed by atoms with Gasteiger partial charge in [-0.2, -0.15) is 0 Å². The smallest absolute Gasteiger partial charge is 0.292 e. The monoisotopic (exact) mass is 310 g/mol. The SMILES string of the molecule is O=[N+]([O-])c1cccc2c1N[C@H](c1cccc(F)c1)[C@H]1CC=C[C@@H]21. The number of allylic oxidation sites excluding steroid dienone is 2. The van der Waals surface area contributed by atoms with Crippen molar-refractivity contribution in [1.29, 1.82) is 0 Å². The van der Waals surface area contributed by atoms with Crippen LogP contribution in [0, 0.1) is 21.8 Å². The third kappa shape index (κ3) is 2.20. The van der Waals surface area contributed by atoms with E-state index in [1.807, 2.05) is 12.1 Å². The Morgan fingerprint density at radius 1 is 1.22 bits per heavy atom. The number of fused-ring (bicyclic) bond motifs is 3. The molecular weight excluding hydrogens is 295 g/mol. The van der Waals surface area contributed by atoms with E-state index in [9.17, 15) is 14.5 Å². The molecule has 2 aromatic carbocycles. The summed E-state index contributed by atoms with van der Waals surface area (Å²) in [6.07, 6.45) is 5.10. The number of rotatable bonds is 2. The van der Waals surface area contributed by atoms with Gasteiger partial charge in [0.15, 0.2) is 0 Å². The number of nitro groups is 1. The van der Waals surface area contributed by atoms with Crippen molar-refractivity contribution < 1.29 is 9.31 Å². The van der Waals surface area contributed by atoms with E-state index in [0.717, 1.165) is 17.5 Å². The predicted molar refractivity (Wildman–Crippen MR) is 85.8 cm³/mol. The Morgan fingerprint density at radius 3 is 2.83 bits per heavy atom. The Labute approximate surface area is 132 Å². The quantitative estimate of drug-likeness (QED) is 0.502. The molecule has 4 rings (SSSR count). The molecule has 0 aromatic heterocycles. The van der Waals surface area contributed by atoms with Crippen molar-refractivity contribution in [1.82, 2.24) is 0 Å². The van der Waals surface area contributed by atoms with Crippen LogP contribution in [-0.2, 0) is 0 Å². The molecule has 116 valence electrons. The Morgan fingerprint density at radius 2 is 2.04 bits per heavy atom. The van der Waals surface area contributed by atoms with Crippen molar-refractivity contribution >= 4 is 11.4 Å².